The Kier molecular flexibility index (Phi) is 10.4. The minimum Gasteiger partial charge on any atom is -0.506 e. The lowest BCUT2D eigenvalue weighted by molar-refractivity contribution is 0.477. The van der Waals surface area contributed by atoms with Gasteiger partial charge >= 0.3 is 11.4 Å². The zero-order chi connectivity index (χ0) is 31.0. The average molecular weight is 572 g/mol. The van der Waals surface area contributed by atoms with E-state index in [9.17, 15) is 24.3 Å². The number of nitrogens with zero attached hydrogens (tertiary/aromatic N) is 5. The molecule has 1 heterocycles. The number of aliphatic imine (C=N–C) groups is 1. The van der Waals surface area contributed by atoms with Crippen LogP contribution in [0.3, 0.4) is 0 Å². The summed E-state index contributed by atoms with van der Waals surface area (Å²) < 4.78 is 16.0. The van der Waals surface area contributed by atoms with Crippen molar-refractivity contribution in [2.24, 2.45) is 4.99 Å². The number of rotatable bonds is 10. The highest BCUT2D eigenvalue weighted by molar-refractivity contribution is 5.90. The van der Waals surface area contributed by atoms with E-state index < -0.39 is 18.1 Å². The third-order valence-electron chi connectivity index (χ3n) is 6.56. The van der Waals surface area contributed by atoms with Gasteiger partial charge in [-0.25, -0.2) is 18.5 Å². The largest absolute Gasteiger partial charge is 0.506 e. The number of aromatic hydroxyl groups is 1. The fourth-order valence-electron chi connectivity index (χ4n) is 4.23. The number of alkyl halides is 1. The maximum atomic E-state index is 14.0. The summed E-state index contributed by atoms with van der Waals surface area (Å²) >= 11 is 0. The Morgan fingerprint density at radius 1 is 1.21 bits per heavy atom. The molecule has 0 amide bonds. The maximum absolute atomic E-state index is 14.0. The first-order chi connectivity index (χ1) is 20.1. The summed E-state index contributed by atoms with van der Waals surface area (Å²) in [5.74, 6) is -0.460. The third-order valence-corrected chi connectivity index (χ3v) is 6.56. The van der Waals surface area contributed by atoms with Gasteiger partial charge < -0.3 is 16.2 Å². The van der Waals surface area contributed by atoms with Gasteiger partial charge in [0.15, 0.2) is 0 Å². The van der Waals surface area contributed by atoms with Gasteiger partial charge in [-0.2, -0.15) is 10.2 Å². The first-order valence-corrected chi connectivity index (χ1v) is 13.2. The second kappa shape index (κ2) is 13.9. The molecule has 3 aromatic rings. The predicted octanol–water partition coefficient (Wildman–Crippen LogP) is 5.04. The molecule has 3 rings (SSSR count). The zero-order valence-corrected chi connectivity index (χ0v) is 24.3. The number of hydrogen-bond donors (Lipinski definition) is 3. The quantitative estimate of drug-likeness (QED) is 0.133. The van der Waals surface area contributed by atoms with E-state index in [2.05, 4.69) is 15.3 Å². The van der Waals surface area contributed by atoms with Gasteiger partial charge in [0.1, 0.15) is 12.4 Å². The van der Waals surface area contributed by atoms with Gasteiger partial charge in [-0.15, -0.1) is 0 Å². The van der Waals surface area contributed by atoms with Crippen molar-refractivity contribution < 1.29 is 9.50 Å². The van der Waals surface area contributed by atoms with Crippen molar-refractivity contribution in [1.29, 1.82) is 5.26 Å². The van der Waals surface area contributed by atoms with Gasteiger partial charge in [-0.3, -0.25) is 9.56 Å². The number of phenols is 1. The first-order valence-electron chi connectivity index (χ1n) is 13.2. The molecular formula is C31H34FN7O3. The summed E-state index contributed by atoms with van der Waals surface area (Å²) in [5.41, 5.74) is 8.32. The van der Waals surface area contributed by atoms with Gasteiger partial charge in [0, 0.05) is 30.6 Å². The highest BCUT2D eigenvalue weighted by atomic mass is 19.1. The van der Waals surface area contributed by atoms with Gasteiger partial charge in [-0.05, 0) is 68.2 Å². The normalized spacial score (nSPS) is 12.5. The molecular weight excluding hydrogens is 537 g/mol. The number of phenolic OH excluding ortho intramolecular Hbond substituents is 1. The van der Waals surface area contributed by atoms with Crippen LogP contribution in [0.2, 0.25) is 0 Å². The fourth-order valence-corrected chi connectivity index (χ4v) is 4.23. The van der Waals surface area contributed by atoms with Crippen LogP contribution in [0, 0.1) is 11.3 Å². The van der Waals surface area contributed by atoms with Crippen LogP contribution in [-0.2, 0) is 13.2 Å². The van der Waals surface area contributed by atoms with Crippen molar-refractivity contribution >= 4 is 29.2 Å². The number of anilines is 3. The Morgan fingerprint density at radius 2 is 1.95 bits per heavy atom. The van der Waals surface area contributed by atoms with E-state index >= 15 is 0 Å². The summed E-state index contributed by atoms with van der Waals surface area (Å²) in [6.45, 7) is 6.50. The van der Waals surface area contributed by atoms with Crippen LogP contribution in [0.1, 0.15) is 56.4 Å². The number of allylic oxidation sites excluding steroid dienone is 6. The van der Waals surface area contributed by atoms with Gasteiger partial charge in [-0.1, -0.05) is 30.7 Å². The standard InChI is InChI=1S/C31H34FN7O3/c1-6-19(3)10-20(4)11-25(7-2)39-30(41)37-29(36-27-13-23(17-35-5)26(34)14-28(27)40)38(31(39)42)18-24-12-21(16-33)8-9-22(24)15-32/h7-14,17,40H,6,15,18,34H2,1-5H3,(H,36,37,41)/b19-10+,20-11-,25-7+,35-17?. The lowest BCUT2D eigenvalue weighted by Crippen LogP contribution is -2.42. The molecule has 0 aliphatic rings. The van der Waals surface area contributed by atoms with Crippen LogP contribution in [-0.4, -0.2) is 32.5 Å². The second-order valence-electron chi connectivity index (χ2n) is 9.61. The number of nitrogens with one attached hydrogen (secondary N) is 1. The van der Waals surface area contributed by atoms with Crippen molar-refractivity contribution in [2.75, 3.05) is 18.1 Å². The minimum atomic E-state index is -0.867. The molecule has 218 valence electrons. The lowest BCUT2D eigenvalue weighted by atomic mass is 10.1. The van der Waals surface area contributed by atoms with Crippen LogP contribution >= 0.6 is 0 Å². The molecule has 2 aromatic carbocycles. The van der Waals surface area contributed by atoms with E-state index in [-0.39, 0.29) is 40.7 Å². The highest BCUT2D eigenvalue weighted by Gasteiger charge is 2.19. The molecule has 0 aliphatic carbocycles. The smallest absolute Gasteiger partial charge is 0.359 e. The minimum absolute atomic E-state index is 0.107. The Balaban J connectivity index is 2.31. The van der Waals surface area contributed by atoms with Crippen molar-refractivity contribution in [2.45, 2.75) is 47.3 Å². The van der Waals surface area contributed by atoms with Crippen molar-refractivity contribution in [3.8, 4) is 11.8 Å². The van der Waals surface area contributed by atoms with Gasteiger partial charge in [0.25, 0.3) is 0 Å². The highest BCUT2D eigenvalue weighted by Crippen LogP contribution is 2.30. The molecule has 0 atom stereocenters. The van der Waals surface area contributed by atoms with E-state index in [1.165, 1.54) is 36.5 Å². The number of nitrogen functional groups attached to an aromatic ring is 1. The van der Waals surface area contributed by atoms with Gasteiger partial charge in [0.05, 0.1) is 29.6 Å². The van der Waals surface area contributed by atoms with Crippen molar-refractivity contribution in [3.05, 3.63) is 103 Å². The van der Waals surface area contributed by atoms with Crippen molar-refractivity contribution in [1.82, 2.24) is 14.1 Å². The average Bonchev–Trinajstić information content (AvgIpc) is 2.96. The molecule has 0 saturated carbocycles. The van der Waals surface area contributed by atoms with E-state index in [0.29, 0.717) is 16.8 Å². The van der Waals surface area contributed by atoms with E-state index in [0.717, 1.165) is 26.7 Å². The summed E-state index contributed by atoms with van der Waals surface area (Å²) in [6, 6.07) is 9.26. The Morgan fingerprint density at radius 3 is 2.57 bits per heavy atom. The molecule has 10 nitrogen and oxygen atoms in total. The Hall–Kier alpha value is -5.24. The molecule has 0 unspecified atom stereocenters. The molecule has 11 heteroatoms. The molecule has 0 fully saturated rings. The van der Waals surface area contributed by atoms with Crippen LogP contribution in [0.4, 0.5) is 21.7 Å². The van der Waals surface area contributed by atoms with E-state index in [4.69, 9.17) is 5.73 Å². The van der Waals surface area contributed by atoms with Crippen LogP contribution in [0.5, 0.6) is 5.75 Å². The third kappa shape index (κ3) is 7.09. The second-order valence-corrected chi connectivity index (χ2v) is 9.61. The summed E-state index contributed by atoms with van der Waals surface area (Å²) in [5, 5.41) is 22.9. The zero-order valence-electron chi connectivity index (χ0n) is 24.3. The summed E-state index contributed by atoms with van der Waals surface area (Å²) in [6.07, 6.45) is 7.60. The Labute approximate surface area is 243 Å². The first kappa shape index (κ1) is 31.3. The summed E-state index contributed by atoms with van der Waals surface area (Å²) in [4.78, 5) is 35.5. The molecule has 4 N–H and O–H groups in total. The van der Waals surface area contributed by atoms with Crippen LogP contribution in [0.15, 0.2) is 74.3 Å². The number of nitrogens with two attached hydrogens (primary N) is 1. The fraction of sp³-hybridized carbons (Fsp3) is 0.258. The van der Waals surface area contributed by atoms with Crippen molar-refractivity contribution in [3.63, 3.8) is 0 Å². The van der Waals surface area contributed by atoms with E-state index in [1.54, 1.807) is 26.1 Å². The predicted molar refractivity (Wildman–Crippen MR) is 165 cm³/mol. The molecule has 0 bridgehead atoms. The molecule has 0 aliphatic heterocycles. The Bertz CT molecular complexity index is 1770. The van der Waals surface area contributed by atoms with Gasteiger partial charge in [0.2, 0.25) is 5.95 Å². The monoisotopic (exact) mass is 571 g/mol. The number of hydrogen-bond acceptors (Lipinski definition) is 8. The number of aromatic nitrogens is 3. The molecule has 0 radical (unpaired) electrons. The lowest BCUT2D eigenvalue weighted by Gasteiger charge is -2.18. The van der Waals surface area contributed by atoms with Crippen LogP contribution in [0.25, 0.3) is 5.70 Å². The number of nitriles is 1. The molecule has 1 aromatic heterocycles. The molecule has 0 saturated heterocycles. The number of halogens is 1. The maximum Gasteiger partial charge on any atom is 0.359 e. The SMILES string of the molecule is C\C=C(/C=C(C)\C=C(/C)CC)n1c(=O)nc(Nc2cc(C=NC)c(N)cc2O)n(Cc2cc(C#N)ccc2CF)c1=O. The molecule has 42 heavy (non-hydrogen) atoms. The topological polar surface area (TPSA) is 151 Å². The van der Waals surface area contributed by atoms with E-state index in [1.807, 2.05) is 32.9 Å². The van der Waals surface area contributed by atoms with Crippen LogP contribution < -0.4 is 22.4 Å². The number of benzene rings is 2. The summed E-state index contributed by atoms with van der Waals surface area (Å²) in [7, 11) is 1.56. The molecule has 0 spiro atoms.